The Morgan fingerprint density at radius 2 is 1.67 bits per heavy atom. The molecule has 0 aliphatic carbocycles. The van der Waals surface area contributed by atoms with E-state index in [-0.39, 0.29) is 5.82 Å². The summed E-state index contributed by atoms with van der Waals surface area (Å²) in [5.41, 5.74) is 3.06. The fourth-order valence-corrected chi connectivity index (χ4v) is 1.56. The SMILES string of the molecule is CC(=Nc1ccc(C#N)cc1)c1ccc(F)cc1. The van der Waals surface area contributed by atoms with Gasteiger partial charge in [-0.2, -0.15) is 5.26 Å². The Morgan fingerprint density at radius 1 is 1.06 bits per heavy atom. The Bertz CT molecular complexity index is 604. The summed E-state index contributed by atoms with van der Waals surface area (Å²) in [6, 6.07) is 15.3. The minimum Gasteiger partial charge on any atom is -0.253 e. The Labute approximate surface area is 105 Å². The monoisotopic (exact) mass is 238 g/mol. The molecule has 0 amide bonds. The van der Waals surface area contributed by atoms with Crippen LogP contribution in [0.15, 0.2) is 53.5 Å². The van der Waals surface area contributed by atoms with Crippen LogP contribution < -0.4 is 0 Å². The van der Waals surface area contributed by atoms with E-state index in [1.807, 2.05) is 6.92 Å². The third-order valence-corrected chi connectivity index (χ3v) is 2.56. The largest absolute Gasteiger partial charge is 0.253 e. The van der Waals surface area contributed by atoms with Gasteiger partial charge in [-0.25, -0.2) is 4.39 Å². The molecular formula is C15H11FN2. The number of hydrogen-bond acceptors (Lipinski definition) is 2. The lowest BCUT2D eigenvalue weighted by molar-refractivity contribution is 0.628. The maximum Gasteiger partial charge on any atom is 0.123 e. The van der Waals surface area contributed by atoms with Crippen molar-refractivity contribution in [3.05, 3.63) is 65.5 Å². The van der Waals surface area contributed by atoms with Crippen molar-refractivity contribution in [2.24, 2.45) is 4.99 Å². The first-order valence-corrected chi connectivity index (χ1v) is 5.50. The molecule has 2 nitrogen and oxygen atoms in total. The number of hydrogen-bond donors (Lipinski definition) is 0. The lowest BCUT2D eigenvalue weighted by Crippen LogP contribution is -1.93. The van der Waals surface area contributed by atoms with E-state index in [2.05, 4.69) is 11.1 Å². The summed E-state index contributed by atoms with van der Waals surface area (Å²) < 4.78 is 12.8. The summed E-state index contributed by atoms with van der Waals surface area (Å²) in [4.78, 5) is 4.42. The number of nitrogens with zero attached hydrogens (tertiary/aromatic N) is 2. The molecule has 0 atom stereocenters. The van der Waals surface area contributed by atoms with Gasteiger partial charge in [0.15, 0.2) is 0 Å². The Morgan fingerprint density at radius 3 is 2.22 bits per heavy atom. The maximum absolute atomic E-state index is 12.8. The maximum atomic E-state index is 12.8. The molecule has 0 aliphatic rings. The molecule has 0 spiro atoms. The summed E-state index contributed by atoms with van der Waals surface area (Å²) in [5, 5.41) is 8.69. The standard InChI is InChI=1S/C15H11FN2/c1-11(13-4-6-14(16)7-5-13)18-15-8-2-12(10-17)3-9-15/h2-9H,1H3. The molecule has 2 rings (SSSR count). The molecule has 0 radical (unpaired) electrons. The highest BCUT2D eigenvalue weighted by Crippen LogP contribution is 2.15. The van der Waals surface area contributed by atoms with E-state index >= 15 is 0 Å². The zero-order chi connectivity index (χ0) is 13.0. The van der Waals surface area contributed by atoms with E-state index in [9.17, 15) is 4.39 Å². The van der Waals surface area contributed by atoms with Gasteiger partial charge in [-0.3, -0.25) is 4.99 Å². The molecule has 3 heteroatoms. The predicted octanol–water partition coefficient (Wildman–Crippen LogP) is 3.84. The molecule has 0 bridgehead atoms. The van der Waals surface area contributed by atoms with Crippen molar-refractivity contribution >= 4 is 11.4 Å². The van der Waals surface area contributed by atoms with Crippen LogP contribution in [0.1, 0.15) is 18.1 Å². The van der Waals surface area contributed by atoms with Crippen LogP contribution in [-0.2, 0) is 0 Å². The van der Waals surface area contributed by atoms with Gasteiger partial charge in [0.1, 0.15) is 5.82 Å². The van der Waals surface area contributed by atoms with Crippen LogP contribution in [0, 0.1) is 17.1 Å². The van der Waals surface area contributed by atoms with E-state index < -0.39 is 0 Å². The summed E-state index contributed by atoms with van der Waals surface area (Å²) >= 11 is 0. The lowest BCUT2D eigenvalue weighted by atomic mass is 10.1. The number of rotatable bonds is 2. The highest BCUT2D eigenvalue weighted by molar-refractivity contribution is 6.00. The molecule has 2 aromatic carbocycles. The zero-order valence-corrected chi connectivity index (χ0v) is 9.89. The van der Waals surface area contributed by atoms with Crippen LogP contribution in [0.3, 0.4) is 0 Å². The van der Waals surface area contributed by atoms with Crippen molar-refractivity contribution in [2.75, 3.05) is 0 Å². The van der Waals surface area contributed by atoms with E-state index in [1.54, 1.807) is 36.4 Å². The van der Waals surface area contributed by atoms with Gasteiger partial charge in [-0.15, -0.1) is 0 Å². The minimum atomic E-state index is -0.259. The van der Waals surface area contributed by atoms with Crippen molar-refractivity contribution in [3.8, 4) is 6.07 Å². The number of nitriles is 1. The molecule has 0 aromatic heterocycles. The summed E-state index contributed by atoms with van der Waals surface area (Å²) in [7, 11) is 0. The topological polar surface area (TPSA) is 36.1 Å². The lowest BCUT2D eigenvalue weighted by Gasteiger charge is -2.01. The van der Waals surface area contributed by atoms with Gasteiger partial charge in [0.2, 0.25) is 0 Å². The Hall–Kier alpha value is -2.47. The van der Waals surface area contributed by atoms with Gasteiger partial charge in [-0.05, 0) is 48.9 Å². The average molecular weight is 238 g/mol. The second kappa shape index (κ2) is 5.24. The van der Waals surface area contributed by atoms with Crippen LogP contribution in [0.4, 0.5) is 10.1 Å². The van der Waals surface area contributed by atoms with Crippen LogP contribution in [0.2, 0.25) is 0 Å². The molecule has 0 heterocycles. The fraction of sp³-hybridized carbons (Fsp3) is 0.0667. The predicted molar refractivity (Wildman–Crippen MR) is 69.4 cm³/mol. The third-order valence-electron chi connectivity index (χ3n) is 2.56. The first-order chi connectivity index (χ1) is 8.69. The van der Waals surface area contributed by atoms with Gasteiger partial charge in [-0.1, -0.05) is 12.1 Å². The number of halogens is 1. The molecular weight excluding hydrogens is 227 g/mol. The van der Waals surface area contributed by atoms with E-state index in [0.717, 1.165) is 17.0 Å². The fourth-order valence-electron chi connectivity index (χ4n) is 1.56. The molecule has 18 heavy (non-hydrogen) atoms. The first-order valence-electron chi connectivity index (χ1n) is 5.50. The van der Waals surface area contributed by atoms with E-state index in [1.165, 1.54) is 12.1 Å². The third kappa shape index (κ3) is 2.80. The van der Waals surface area contributed by atoms with Crippen LogP contribution in [0.5, 0.6) is 0 Å². The van der Waals surface area contributed by atoms with Crippen molar-refractivity contribution < 1.29 is 4.39 Å². The second-order valence-corrected chi connectivity index (χ2v) is 3.86. The van der Waals surface area contributed by atoms with Crippen molar-refractivity contribution in [2.45, 2.75) is 6.92 Å². The number of aliphatic imine (C=N–C) groups is 1. The Balaban J connectivity index is 2.26. The molecule has 0 unspecified atom stereocenters. The van der Waals surface area contributed by atoms with Crippen molar-refractivity contribution in [1.29, 1.82) is 5.26 Å². The van der Waals surface area contributed by atoms with E-state index in [4.69, 9.17) is 5.26 Å². The molecule has 0 saturated heterocycles. The van der Waals surface area contributed by atoms with Gasteiger partial charge in [0.05, 0.1) is 17.3 Å². The second-order valence-electron chi connectivity index (χ2n) is 3.86. The van der Waals surface area contributed by atoms with Crippen molar-refractivity contribution in [3.63, 3.8) is 0 Å². The van der Waals surface area contributed by atoms with Crippen LogP contribution >= 0.6 is 0 Å². The first kappa shape index (κ1) is 12.0. The highest BCUT2D eigenvalue weighted by Gasteiger charge is 1.98. The van der Waals surface area contributed by atoms with Crippen molar-refractivity contribution in [1.82, 2.24) is 0 Å². The van der Waals surface area contributed by atoms with E-state index in [0.29, 0.717) is 5.56 Å². The smallest absolute Gasteiger partial charge is 0.123 e. The van der Waals surface area contributed by atoms with Crippen LogP contribution in [-0.4, -0.2) is 5.71 Å². The molecule has 0 N–H and O–H groups in total. The number of benzene rings is 2. The molecule has 0 saturated carbocycles. The molecule has 88 valence electrons. The van der Waals surface area contributed by atoms with Crippen LogP contribution in [0.25, 0.3) is 0 Å². The zero-order valence-electron chi connectivity index (χ0n) is 9.89. The molecule has 0 aliphatic heterocycles. The summed E-state index contributed by atoms with van der Waals surface area (Å²) in [6.07, 6.45) is 0. The quantitative estimate of drug-likeness (QED) is 0.732. The van der Waals surface area contributed by atoms with Gasteiger partial charge >= 0.3 is 0 Å². The van der Waals surface area contributed by atoms with Gasteiger partial charge in [0, 0.05) is 5.71 Å². The van der Waals surface area contributed by atoms with Gasteiger partial charge < -0.3 is 0 Å². The van der Waals surface area contributed by atoms with Gasteiger partial charge in [0.25, 0.3) is 0 Å². The normalized spacial score (nSPS) is 11.1. The average Bonchev–Trinajstić information content (AvgIpc) is 2.40. The summed E-state index contributed by atoms with van der Waals surface area (Å²) in [5.74, 6) is -0.259. The Kier molecular flexibility index (Phi) is 3.49. The molecule has 2 aromatic rings. The molecule has 0 fully saturated rings. The summed E-state index contributed by atoms with van der Waals surface area (Å²) in [6.45, 7) is 1.87. The minimum absolute atomic E-state index is 0.259. The highest BCUT2D eigenvalue weighted by atomic mass is 19.1.